The van der Waals surface area contributed by atoms with E-state index in [1.54, 1.807) is 18.2 Å². The number of halogens is 1. The molecule has 1 heterocycles. The number of hydrogen-bond acceptors (Lipinski definition) is 4. The van der Waals surface area contributed by atoms with Crippen molar-refractivity contribution in [3.63, 3.8) is 0 Å². The molecule has 1 amide bonds. The molecule has 0 atom stereocenters. The van der Waals surface area contributed by atoms with E-state index in [2.05, 4.69) is 10.3 Å². The number of aryl methyl sites for hydroxylation is 1. The number of nitrogens with zero attached hydrogens (tertiary/aromatic N) is 2. The molecule has 0 radical (unpaired) electrons. The van der Waals surface area contributed by atoms with Gasteiger partial charge in [-0.15, -0.1) is 0 Å². The smallest absolute Gasteiger partial charge is 0.266 e. The lowest BCUT2D eigenvalue weighted by Gasteiger charge is -2.11. The van der Waals surface area contributed by atoms with Crippen LogP contribution in [-0.4, -0.2) is 17.5 Å². The Morgan fingerprint density at radius 3 is 2.82 bits per heavy atom. The summed E-state index contributed by atoms with van der Waals surface area (Å²) in [4.78, 5) is 17.0. The maximum absolute atomic E-state index is 12.6. The van der Waals surface area contributed by atoms with Gasteiger partial charge in [-0.25, -0.2) is 4.98 Å². The Morgan fingerprint density at radius 2 is 2.07 bits per heavy atom. The SMILES string of the molecule is CCOc1ccccc1NC(=O)/C(C#N)=C/c1cc2cccc(C)c2nc1Cl. The number of ether oxygens (including phenoxy) is 1. The van der Waals surface area contributed by atoms with Crippen molar-refractivity contribution in [2.45, 2.75) is 13.8 Å². The number of carbonyl (C=O) groups excluding carboxylic acids is 1. The van der Waals surface area contributed by atoms with Crippen LogP contribution in [-0.2, 0) is 4.79 Å². The first kappa shape index (κ1) is 19.4. The van der Waals surface area contributed by atoms with E-state index >= 15 is 0 Å². The summed E-state index contributed by atoms with van der Waals surface area (Å²) < 4.78 is 5.50. The third-order valence-corrected chi connectivity index (χ3v) is 4.43. The number of benzene rings is 2. The Hall–Kier alpha value is -3.36. The molecule has 140 valence electrons. The lowest BCUT2D eigenvalue weighted by atomic mass is 10.1. The molecule has 0 saturated heterocycles. The van der Waals surface area contributed by atoms with E-state index in [1.807, 2.05) is 50.2 Å². The van der Waals surface area contributed by atoms with Crippen molar-refractivity contribution < 1.29 is 9.53 Å². The molecule has 2 aromatic carbocycles. The van der Waals surface area contributed by atoms with E-state index in [0.29, 0.717) is 23.6 Å². The van der Waals surface area contributed by atoms with Crippen LogP contribution in [0.5, 0.6) is 5.75 Å². The molecule has 0 aliphatic heterocycles. The highest BCUT2D eigenvalue weighted by molar-refractivity contribution is 6.31. The van der Waals surface area contributed by atoms with Crippen molar-refractivity contribution in [1.29, 1.82) is 5.26 Å². The third-order valence-electron chi connectivity index (χ3n) is 4.13. The van der Waals surface area contributed by atoms with Crippen LogP contribution in [0.15, 0.2) is 54.1 Å². The second-order valence-corrected chi connectivity index (χ2v) is 6.43. The average Bonchev–Trinajstić information content (AvgIpc) is 2.68. The highest BCUT2D eigenvalue weighted by atomic mass is 35.5. The number of fused-ring (bicyclic) bond motifs is 1. The van der Waals surface area contributed by atoms with E-state index in [-0.39, 0.29) is 10.7 Å². The van der Waals surface area contributed by atoms with Crippen LogP contribution in [0.4, 0.5) is 5.69 Å². The van der Waals surface area contributed by atoms with Crippen molar-refractivity contribution in [3.8, 4) is 11.8 Å². The van der Waals surface area contributed by atoms with E-state index in [0.717, 1.165) is 16.5 Å². The summed E-state index contributed by atoms with van der Waals surface area (Å²) in [6.45, 7) is 4.27. The zero-order chi connectivity index (χ0) is 20.1. The molecule has 3 aromatic rings. The summed E-state index contributed by atoms with van der Waals surface area (Å²) in [5.41, 5.74) is 2.71. The monoisotopic (exact) mass is 391 g/mol. The van der Waals surface area contributed by atoms with Crippen LogP contribution in [0.1, 0.15) is 18.1 Å². The molecule has 0 fully saturated rings. The summed E-state index contributed by atoms with van der Waals surface area (Å²) in [6, 6.07) is 16.6. The van der Waals surface area contributed by atoms with Crippen molar-refractivity contribution >= 4 is 40.2 Å². The third kappa shape index (κ3) is 4.13. The Kier molecular flexibility index (Phi) is 5.93. The van der Waals surface area contributed by atoms with Gasteiger partial charge in [0.25, 0.3) is 5.91 Å². The maximum Gasteiger partial charge on any atom is 0.266 e. The van der Waals surface area contributed by atoms with Gasteiger partial charge in [0.05, 0.1) is 17.8 Å². The number of nitriles is 1. The summed E-state index contributed by atoms with van der Waals surface area (Å²) in [5.74, 6) is -0.00780. The van der Waals surface area contributed by atoms with Crippen LogP contribution in [0.25, 0.3) is 17.0 Å². The zero-order valence-electron chi connectivity index (χ0n) is 15.5. The normalized spacial score (nSPS) is 11.1. The molecule has 0 spiro atoms. The fourth-order valence-electron chi connectivity index (χ4n) is 2.79. The fraction of sp³-hybridized carbons (Fsp3) is 0.136. The molecule has 28 heavy (non-hydrogen) atoms. The van der Waals surface area contributed by atoms with E-state index in [9.17, 15) is 10.1 Å². The molecule has 0 aliphatic rings. The molecule has 1 N–H and O–H groups in total. The highest BCUT2D eigenvalue weighted by Gasteiger charge is 2.14. The lowest BCUT2D eigenvalue weighted by Crippen LogP contribution is -2.14. The summed E-state index contributed by atoms with van der Waals surface area (Å²) in [7, 11) is 0. The number of amides is 1. The van der Waals surface area contributed by atoms with Crippen LogP contribution in [0, 0.1) is 18.3 Å². The molecule has 1 aromatic heterocycles. The Bertz CT molecular complexity index is 1120. The number of anilines is 1. The maximum atomic E-state index is 12.6. The molecule has 0 bridgehead atoms. The Balaban J connectivity index is 1.94. The van der Waals surface area contributed by atoms with Gasteiger partial charge in [0.2, 0.25) is 0 Å². The molecule has 0 unspecified atom stereocenters. The zero-order valence-corrected chi connectivity index (χ0v) is 16.2. The van der Waals surface area contributed by atoms with Crippen molar-refractivity contribution in [2.24, 2.45) is 0 Å². The van der Waals surface area contributed by atoms with Gasteiger partial charge in [0.15, 0.2) is 0 Å². The standard InChI is InChI=1S/C22H18ClN3O2/c1-3-28-19-10-5-4-9-18(19)25-22(27)17(13-24)12-16-11-15-8-6-7-14(2)20(15)26-21(16)23/h4-12H,3H2,1-2H3,(H,25,27)/b17-12+. The summed E-state index contributed by atoms with van der Waals surface area (Å²) >= 11 is 6.29. The number of aromatic nitrogens is 1. The van der Waals surface area contributed by atoms with Gasteiger partial charge in [-0.3, -0.25) is 4.79 Å². The average molecular weight is 392 g/mol. The first-order valence-corrected chi connectivity index (χ1v) is 9.12. The van der Waals surface area contributed by atoms with E-state index in [4.69, 9.17) is 16.3 Å². The van der Waals surface area contributed by atoms with Crippen LogP contribution in [0.3, 0.4) is 0 Å². The molecule has 0 aliphatic carbocycles. The number of pyridine rings is 1. The van der Waals surface area contributed by atoms with Crippen LogP contribution >= 0.6 is 11.6 Å². The molecule has 3 rings (SSSR count). The predicted molar refractivity (Wildman–Crippen MR) is 111 cm³/mol. The molecular formula is C22H18ClN3O2. The summed E-state index contributed by atoms with van der Waals surface area (Å²) in [6.07, 6.45) is 1.44. The Morgan fingerprint density at radius 1 is 1.29 bits per heavy atom. The predicted octanol–water partition coefficient (Wildman–Crippen LogP) is 5.14. The van der Waals surface area contributed by atoms with Gasteiger partial charge in [-0.2, -0.15) is 5.26 Å². The molecular weight excluding hydrogens is 374 g/mol. The van der Waals surface area contributed by atoms with Gasteiger partial charge in [0, 0.05) is 10.9 Å². The number of nitrogens with one attached hydrogen (secondary N) is 1. The topological polar surface area (TPSA) is 75.0 Å². The van der Waals surface area contributed by atoms with Crippen molar-refractivity contribution in [3.05, 3.63) is 70.4 Å². The Labute approximate surface area is 168 Å². The van der Waals surface area contributed by atoms with Crippen molar-refractivity contribution in [2.75, 3.05) is 11.9 Å². The minimum absolute atomic E-state index is 0.0815. The van der Waals surface area contributed by atoms with Gasteiger partial charge in [-0.05, 0) is 43.7 Å². The lowest BCUT2D eigenvalue weighted by molar-refractivity contribution is -0.112. The van der Waals surface area contributed by atoms with Crippen LogP contribution < -0.4 is 10.1 Å². The first-order chi connectivity index (χ1) is 13.5. The van der Waals surface area contributed by atoms with Gasteiger partial charge >= 0.3 is 0 Å². The first-order valence-electron chi connectivity index (χ1n) is 8.74. The molecule has 5 nitrogen and oxygen atoms in total. The number of hydrogen-bond donors (Lipinski definition) is 1. The minimum Gasteiger partial charge on any atom is -0.492 e. The van der Waals surface area contributed by atoms with E-state index in [1.165, 1.54) is 6.08 Å². The van der Waals surface area contributed by atoms with E-state index < -0.39 is 5.91 Å². The van der Waals surface area contributed by atoms with Gasteiger partial charge in [0.1, 0.15) is 22.5 Å². The molecule has 0 saturated carbocycles. The second kappa shape index (κ2) is 8.55. The fourth-order valence-corrected chi connectivity index (χ4v) is 2.98. The number of rotatable bonds is 5. The molecule has 6 heteroatoms. The highest BCUT2D eigenvalue weighted by Crippen LogP contribution is 2.26. The number of para-hydroxylation sites is 3. The van der Waals surface area contributed by atoms with Gasteiger partial charge < -0.3 is 10.1 Å². The largest absolute Gasteiger partial charge is 0.492 e. The minimum atomic E-state index is -0.546. The van der Waals surface area contributed by atoms with Gasteiger partial charge in [-0.1, -0.05) is 41.9 Å². The second-order valence-electron chi connectivity index (χ2n) is 6.07. The van der Waals surface area contributed by atoms with Crippen LogP contribution in [0.2, 0.25) is 5.15 Å². The quantitative estimate of drug-likeness (QED) is 0.371. The van der Waals surface area contributed by atoms with Crippen molar-refractivity contribution in [1.82, 2.24) is 4.98 Å². The summed E-state index contributed by atoms with van der Waals surface area (Å²) in [5, 5.41) is 13.3. The number of carbonyl (C=O) groups is 1.